The summed E-state index contributed by atoms with van der Waals surface area (Å²) >= 11 is -0.116. The zero-order valence-electron chi connectivity index (χ0n) is 13.4. The van der Waals surface area contributed by atoms with Crippen molar-refractivity contribution in [2.45, 2.75) is 57.8 Å². The number of benzene rings is 1. The number of carbonyl (C=O) groups is 1. The molecule has 0 unspecified atom stereocenters. The van der Waals surface area contributed by atoms with Gasteiger partial charge in [0, 0.05) is 12.8 Å². The predicted octanol–water partition coefficient (Wildman–Crippen LogP) is 1.59. The van der Waals surface area contributed by atoms with E-state index in [1.54, 1.807) is 0 Å². The average Bonchev–Trinajstić information content (AvgIpc) is 2.56. The Bertz CT molecular complexity index is 459. The lowest BCUT2D eigenvalue weighted by Crippen LogP contribution is -3.59. The molecule has 0 fully saturated rings. The molecule has 22 heavy (non-hydrogen) atoms. The Hall–Kier alpha value is -1.02. The first kappa shape index (κ1) is 19.0. The normalized spacial score (nSPS) is 9.86. The summed E-state index contributed by atoms with van der Waals surface area (Å²) in [6.45, 7) is 0. The second-order valence-electron chi connectivity index (χ2n) is 5.21. The maximum Gasteiger partial charge on any atom is 0.419 e. The van der Waals surface area contributed by atoms with Gasteiger partial charge >= 0.3 is 27.2 Å². The van der Waals surface area contributed by atoms with Crippen LogP contribution in [0.1, 0.15) is 57.8 Å². The van der Waals surface area contributed by atoms with Gasteiger partial charge in [-0.25, -0.2) is 0 Å². The van der Waals surface area contributed by atoms with Crippen molar-refractivity contribution in [3.63, 3.8) is 0 Å². The van der Waals surface area contributed by atoms with Gasteiger partial charge in [0.1, 0.15) is 0 Å². The van der Waals surface area contributed by atoms with Crippen LogP contribution in [0, 0.1) is 13.4 Å². The molecule has 0 aromatic heterocycles. The minimum atomic E-state index is -0.116. The van der Waals surface area contributed by atoms with E-state index in [1.165, 1.54) is 42.8 Å². The molecule has 0 spiro atoms. The number of halogens is 1. The number of methoxy groups -OCH3 is 1. The topological polar surface area (TPSA) is 26.3 Å². The van der Waals surface area contributed by atoms with Crippen LogP contribution < -0.4 is 21.2 Å². The fraction of sp³-hybridized carbons (Fsp3) is 0.526. The maximum absolute atomic E-state index is 10.9. The summed E-state index contributed by atoms with van der Waals surface area (Å²) < 4.78 is 9.38. The Labute approximate surface area is 145 Å². The third-order valence-electron chi connectivity index (χ3n) is 3.37. The summed E-state index contributed by atoms with van der Waals surface area (Å²) in [5, 5.41) is 0. The van der Waals surface area contributed by atoms with Crippen LogP contribution in [0.5, 0.6) is 0 Å². The third-order valence-corrected chi connectivity index (χ3v) is 5.36. The summed E-state index contributed by atoms with van der Waals surface area (Å²) in [7, 11) is 1.45. The number of carbonyl (C=O) groups excluding carboxylic acids is 1. The van der Waals surface area contributed by atoms with Gasteiger partial charge in [-0.1, -0.05) is 50.3 Å². The molecule has 0 saturated carbocycles. The molecule has 0 aliphatic rings. The van der Waals surface area contributed by atoms with Gasteiger partial charge in [0.05, 0.1) is 7.11 Å². The van der Waals surface area contributed by atoms with E-state index >= 15 is 0 Å². The fourth-order valence-corrected chi connectivity index (χ4v) is 3.63. The number of unbranched alkanes of at least 4 members (excludes halogenated alkanes) is 7. The van der Waals surface area contributed by atoms with E-state index in [9.17, 15) is 4.79 Å². The van der Waals surface area contributed by atoms with Gasteiger partial charge in [-0.3, -0.25) is 4.79 Å². The number of esters is 1. The maximum atomic E-state index is 10.9. The van der Waals surface area contributed by atoms with Gasteiger partial charge in [0.15, 0.2) is 3.93 Å². The molecule has 0 bridgehead atoms. The van der Waals surface area contributed by atoms with Crippen molar-refractivity contribution in [3.8, 4) is 9.85 Å². The highest BCUT2D eigenvalue weighted by Crippen LogP contribution is 2.09. The zero-order chi connectivity index (χ0) is 15.9. The van der Waals surface area contributed by atoms with Crippen molar-refractivity contribution in [1.29, 1.82) is 0 Å². The Morgan fingerprint density at radius 3 is 2.32 bits per heavy atom. The van der Waals surface area contributed by atoms with Crippen LogP contribution in [0.2, 0.25) is 0 Å². The SMILES string of the molecule is COC(=O)CCCCCCCCCC#C[I+]c1ccccc1. The van der Waals surface area contributed by atoms with Crippen molar-refractivity contribution < 1.29 is 30.7 Å². The Morgan fingerprint density at radius 1 is 1.00 bits per heavy atom. The monoisotopic (exact) mass is 413 g/mol. The van der Waals surface area contributed by atoms with Crippen LogP contribution in [-0.2, 0) is 9.53 Å². The summed E-state index contributed by atoms with van der Waals surface area (Å²) in [5.41, 5.74) is 0. The van der Waals surface area contributed by atoms with E-state index < -0.39 is 0 Å². The molecule has 0 atom stereocenters. The molecule has 0 radical (unpaired) electrons. The molecule has 120 valence electrons. The molecule has 0 aliphatic heterocycles. The second-order valence-corrected chi connectivity index (χ2v) is 7.54. The van der Waals surface area contributed by atoms with Crippen LogP contribution in [0.3, 0.4) is 0 Å². The van der Waals surface area contributed by atoms with E-state index in [2.05, 4.69) is 44.9 Å². The van der Waals surface area contributed by atoms with Gasteiger partial charge in [-0.05, 0) is 30.9 Å². The van der Waals surface area contributed by atoms with Crippen LogP contribution in [0.15, 0.2) is 30.3 Å². The fourth-order valence-electron chi connectivity index (χ4n) is 2.08. The molecule has 0 N–H and O–H groups in total. The first-order valence-electron chi connectivity index (χ1n) is 8.06. The molecule has 2 nitrogen and oxygen atoms in total. The standard InChI is InChI=1S/C19H26IO2/c1-22-19(21)16-12-7-5-3-2-4-6-8-13-17-20-18-14-10-9-11-15-18/h9-11,14-15H,2-8,12,16H2,1H3/q+1. The number of ether oxygens (including phenoxy) is 1. The lowest BCUT2D eigenvalue weighted by Gasteiger charge is -2.00. The largest absolute Gasteiger partial charge is 0.469 e. The Balaban J connectivity index is 1.87. The molecule has 3 heteroatoms. The number of rotatable bonds is 10. The molecule has 1 rings (SSSR count). The van der Waals surface area contributed by atoms with Gasteiger partial charge < -0.3 is 4.74 Å². The molecule has 1 aromatic rings. The van der Waals surface area contributed by atoms with Crippen molar-refractivity contribution in [3.05, 3.63) is 33.9 Å². The first-order chi connectivity index (χ1) is 10.8. The Kier molecular flexibility index (Phi) is 11.8. The van der Waals surface area contributed by atoms with Crippen molar-refractivity contribution in [1.82, 2.24) is 0 Å². The van der Waals surface area contributed by atoms with Crippen molar-refractivity contribution in [2.75, 3.05) is 7.11 Å². The lowest BCUT2D eigenvalue weighted by molar-refractivity contribution is -0.535. The molecular weight excluding hydrogens is 387 g/mol. The van der Waals surface area contributed by atoms with Crippen LogP contribution >= 0.6 is 0 Å². The zero-order valence-corrected chi connectivity index (χ0v) is 15.6. The summed E-state index contributed by atoms with van der Waals surface area (Å²) in [6, 6.07) is 10.6. The average molecular weight is 413 g/mol. The van der Waals surface area contributed by atoms with E-state index in [0.29, 0.717) is 6.42 Å². The highest BCUT2D eigenvalue weighted by atomic mass is 127. The molecule has 0 saturated heterocycles. The minimum Gasteiger partial charge on any atom is -0.469 e. The van der Waals surface area contributed by atoms with E-state index in [4.69, 9.17) is 0 Å². The van der Waals surface area contributed by atoms with E-state index in [0.717, 1.165) is 19.3 Å². The van der Waals surface area contributed by atoms with Crippen molar-refractivity contribution in [2.24, 2.45) is 0 Å². The van der Waals surface area contributed by atoms with Crippen molar-refractivity contribution >= 4 is 5.97 Å². The number of hydrogen-bond donors (Lipinski definition) is 0. The number of hydrogen-bond acceptors (Lipinski definition) is 2. The van der Waals surface area contributed by atoms with Crippen LogP contribution in [-0.4, -0.2) is 13.1 Å². The quantitative estimate of drug-likeness (QED) is 0.252. The summed E-state index contributed by atoms with van der Waals surface area (Å²) in [4.78, 5) is 10.9. The second kappa shape index (κ2) is 13.6. The van der Waals surface area contributed by atoms with E-state index in [-0.39, 0.29) is 27.2 Å². The first-order valence-corrected chi connectivity index (χ1v) is 10.2. The molecule has 0 heterocycles. The highest BCUT2D eigenvalue weighted by Gasteiger charge is 2.05. The van der Waals surface area contributed by atoms with Crippen LogP contribution in [0.25, 0.3) is 0 Å². The minimum absolute atomic E-state index is 0.0862. The molecule has 0 aliphatic carbocycles. The molecule has 1 aromatic carbocycles. The Morgan fingerprint density at radius 2 is 1.64 bits per heavy atom. The molecular formula is C19H26IO2+. The van der Waals surface area contributed by atoms with Crippen LogP contribution in [0.4, 0.5) is 0 Å². The lowest BCUT2D eigenvalue weighted by atomic mass is 10.1. The summed E-state index contributed by atoms with van der Waals surface area (Å²) in [5.74, 6) is 3.23. The van der Waals surface area contributed by atoms with Gasteiger partial charge in [-0.2, -0.15) is 0 Å². The summed E-state index contributed by atoms with van der Waals surface area (Å²) in [6.07, 6.45) is 9.97. The smallest absolute Gasteiger partial charge is 0.419 e. The molecule has 0 amide bonds. The predicted molar refractivity (Wildman–Crippen MR) is 86.5 cm³/mol. The van der Waals surface area contributed by atoms with Gasteiger partial charge in [0.2, 0.25) is 3.57 Å². The van der Waals surface area contributed by atoms with Gasteiger partial charge in [-0.15, -0.1) is 0 Å². The highest BCUT2D eigenvalue weighted by molar-refractivity contribution is 5.68. The third kappa shape index (κ3) is 10.7. The van der Waals surface area contributed by atoms with E-state index in [1.807, 2.05) is 0 Å². The van der Waals surface area contributed by atoms with Gasteiger partial charge in [0.25, 0.3) is 0 Å².